The summed E-state index contributed by atoms with van der Waals surface area (Å²) in [7, 11) is 0. The molecular weight excluding hydrogens is 266 g/mol. The van der Waals surface area contributed by atoms with Crippen LogP contribution in [0.3, 0.4) is 0 Å². The normalized spacial score (nSPS) is 35.6. The Kier molecular flexibility index (Phi) is 5.31. The minimum atomic E-state index is -0.619. The standard InChI is InChI=1S/C17H31NO3/c1-5-17(3,4)13-6-7-14(16(19)20)15(10-13)18-8-9-21-12(2)11-18/h12-15H,5-11H2,1-4H3,(H,19,20). The summed E-state index contributed by atoms with van der Waals surface area (Å²) in [5, 5.41) is 9.59. The first kappa shape index (κ1) is 16.8. The highest BCUT2D eigenvalue weighted by atomic mass is 16.5. The zero-order valence-corrected chi connectivity index (χ0v) is 14.0. The van der Waals surface area contributed by atoms with Gasteiger partial charge in [-0.05, 0) is 37.5 Å². The molecule has 0 spiro atoms. The van der Waals surface area contributed by atoms with Gasteiger partial charge in [0, 0.05) is 19.1 Å². The van der Waals surface area contributed by atoms with Crippen LogP contribution in [0, 0.1) is 17.3 Å². The number of carbonyl (C=O) groups is 1. The van der Waals surface area contributed by atoms with E-state index in [0.717, 1.165) is 45.4 Å². The quantitative estimate of drug-likeness (QED) is 0.866. The molecular formula is C17H31NO3. The van der Waals surface area contributed by atoms with Gasteiger partial charge in [0.1, 0.15) is 0 Å². The van der Waals surface area contributed by atoms with Crippen molar-refractivity contribution in [1.82, 2.24) is 4.90 Å². The van der Waals surface area contributed by atoms with E-state index >= 15 is 0 Å². The highest BCUT2D eigenvalue weighted by molar-refractivity contribution is 5.71. The number of ether oxygens (including phenoxy) is 1. The van der Waals surface area contributed by atoms with E-state index in [1.807, 2.05) is 0 Å². The molecule has 2 aliphatic rings. The van der Waals surface area contributed by atoms with E-state index in [4.69, 9.17) is 4.74 Å². The number of aliphatic carboxylic acids is 1. The van der Waals surface area contributed by atoms with E-state index in [9.17, 15) is 9.90 Å². The third-order valence-electron chi connectivity index (χ3n) is 5.89. The Hall–Kier alpha value is -0.610. The van der Waals surface area contributed by atoms with Crippen molar-refractivity contribution in [3.05, 3.63) is 0 Å². The molecule has 4 nitrogen and oxygen atoms in total. The van der Waals surface area contributed by atoms with E-state index < -0.39 is 5.97 Å². The van der Waals surface area contributed by atoms with Gasteiger partial charge in [0.15, 0.2) is 0 Å². The SMILES string of the molecule is CCC(C)(C)C1CCC(C(=O)O)C(N2CCOC(C)C2)C1. The van der Waals surface area contributed by atoms with Crippen molar-refractivity contribution in [2.24, 2.45) is 17.3 Å². The third kappa shape index (κ3) is 3.78. The molecule has 1 saturated heterocycles. The van der Waals surface area contributed by atoms with Gasteiger partial charge >= 0.3 is 5.97 Å². The summed E-state index contributed by atoms with van der Waals surface area (Å²) in [5.74, 6) is -0.202. The molecule has 4 atom stereocenters. The molecule has 0 amide bonds. The van der Waals surface area contributed by atoms with Crippen LogP contribution in [0.4, 0.5) is 0 Å². The molecule has 4 unspecified atom stereocenters. The smallest absolute Gasteiger partial charge is 0.308 e. The third-order valence-corrected chi connectivity index (χ3v) is 5.89. The highest BCUT2D eigenvalue weighted by Crippen LogP contribution is 2.43. The molecule has 2 fully saturated rings. The zero-order valence-electron chi connectivity index (χ0n) is 14.0. The van der Waals surface area contributed by atoms with Crippen molar-refractivity contribution in [2.45, 2.75) is 65.5 Å². The van der Waals surface area contributed by atoms with Gasteiger partial charge in [-0.15, -0.1) is 0 Å². The lowest BCUT2D eigenvalue weighted by Crippen LogP contribution is -2.54. The first-order chi connectivity index (χ1) is 9.85. The fraction of sp³-hybridized carbons (Fsp3) is 0.941. The lowest BCUT2D eigenvalue weighted by atomic mass is 9.65. The molecule has 0 bridgehead atoms. The summed E-state index contributed by atoms with van der Waals surface area (Å²) in [5.41, 5.74) is 0.305. The van der Waals surface area contributed by atoms with Crippen LogP contribution in [0.2, 0.25) is 0 Å². The second-order valence-electron chi connectivity index (χ2n) is 7.54. The molecule has 1 heterocycles. The van der Waals surface area contributed by atoms with Crippen molar-refractivity contribution in [1.29, 1.82) is 0 Å². The maximum Gasteiger partial charge on any atom is 0.308 e. The maximum absolute atomic E-state index is 11.7. The van der Waals surface area contributed by atoms with Crippen LogP contribution < -0.4 is 0 Å². The number of hydrogen-bond donors (Lipinski definition) is 1. The van der Waals surface area contributed by atoms with E-state index in [1.54, 1.807) is 0 Å². The molecule has 21 heavy (non-hydrogen) atoms. The predicted octanol–water partition coefficient (Wildman–Crippen LogP) is 3.01. The van der Waals surface area contributed by atoms with Crippen LogP contribution in [-0.4, -0.2) is 47.8 Å². The van der Waals surface area contributed by atoms with E-state index in [-0.39, 0.29) is 18.1 Å². The number of hydrogen-bond acceptors (Lipinski definition) is 3. The molecule has 1 aliphatic carbocycles. The van der Waals surface area contributed by atoms with Gasteiger partial charge in [0.2, 0.25) is 0 Å². The Morgan fingerprint density at radius 1 is 1.38 bits per heavy atom. The molecule has 2 rings (SSSR count). The Balaban J connectivity index is 2.13. The van der Waals surface area contributed by atoms with Gasteiger partial charge in [-0.3, -0.25) is 9.69 Å². The number of carboxylic acid groups (broad SMARTS) is 1. The molecule has 4 heteroatoms. The van der Waals surface area contributed by atoms with Crippen molar-refractivity contribution in [3.8, 4) is 0 Å². The summed E-state index contributed by atoms with van der Waals surface area (Å²) in [4.78, 5) is 14.0. The lowest BCUT2D eigenvalue weighted by Gasteiger charge is -2.47. The topological polar surface area (TPSA) is 49.8 Å². The molecule has 0 radical (unpaired) electrons. The van der Waals surface area contributed by atoms with Gasteiger partial charge in [0.25, 0.3) is 0 Å². The van der Waals surface area contributed by atoms with Crippen LogP contribution in [0.15, 0.2) is 0 Å². The van der Waals surface area contributed by atoms with Gasteiger partial charge in [0.05, 0.1) is 18.6 Å². The molecule has 1 saturated carbocycles. The van der Waals surface area contributed by atoms with Crippen molar-refractivity contribution < 1.29 is 14.6 Å². The fourth-order valence-electron chi connectivity index (χ4n) is 3.98. The van der Waals surface area contributed by atoms with Crippen LogP contribution >= 0.6 is 0 Å². The number of nitrogens with zero attached hydrogens (tertiary/aromatic N) is 1. The zero-order chi connectivity index (χ0) is 15.6. The molecule has 122 valence electrons. The van der Waals surface area contributed by atoms with Crippen molar-refractivity contribution in [2.75, 3.05) is 19.7 Å². The van der Waals surface area contributed by atoms with Crippen LogP contribution in [0.25, 0.3) is 0 Å². The van der Waals surface area contributed by atoms with Gasteiger partial charge in [-0.25, -0.2) is 0 Å². The Bertz CT molecular complexity index is 369. The number of morpholine rings is 1. The second kappa shape index (κ2) is 6.66. The average molecular weight is 297 g/mol. The summed E-state index contributed by atoms with van der Waals surface area (Å²) in [6, 6.07) is 0.179. The monoisotopic (exact) mass is 297 g/mol. The molecule has 0 aromatic rings. The molecule has 0 aromatic carbocycles. The minimum Gasteiger partial charge on any atom is -0.481 e. The van der Waals surface area contributed by atoms with Crippen molar-refractivity contribution >= 4 is 5.97 Å². The molecule has 1 aliphatic heterocycles. The van der Waals surface area contributed by atoms with Crippen LogP contribution in [0.1, 0.15) is 53.4 Å². The van der Waals surface area contributed by atoms with Crippen molar-refractivity contribution in [3.63, 3.8) is 0 Å². The van der Waals surface area contributed by atoms with Crippen LogP contribution in [-0.2, 0) is 9.53 Å². The predicted molar refractivity (Wildman–Crippen MR) is 83.3 cm³/mol. The number of rotatable bonds is 4. The maximum atomic E-state index is 11.7. The Morgan fingerprint density at radius 3 is 2.67 bits per heavy atom. The summed E-state index contributed by atoms with van der Waals surface area (Å²) < 4.78 is 5.62. The first-order valence-corrected chi connectivity index (χ1v) is 8.43. The van der Waals surface area contributed by atoms with Gasteiger partial charge < -0.3 is 9.84 Å². The van der Waals surface area contributed by atoms with E-state index in [1.165, 1.54) is 0 Å². The number of carboxylic acids is 1. The largest absolute Gasteiger partial charge is 0.481 e. The second-order valence-corrected chi connectivity index (χ2v) is 7.54. The average Bonchev–Trinajstić information content (AvgIpc) is 2.46. The summed E-state index contributed by atoms with van der Waals surface area (Å²) >= 11 is 0. The molecule has 0 aromatic heterocycles. The van der Waals surface area contributed by atoms with E-state index in [2.05, 4.69) is 32.6 Å². The van der Waals surface area contributed by atoms with Crippen LogP contribution in [0.5, 0.6) is 0 Å². The fourth-order valence-corrected chi connectivity index (χ4v) is 3.98. The molecule has 1 N–H and O–H groups in total. The van der Waals surface area contributed by atoms with Gasteiger partial charge in [-0.1, -0.05) is 27.2 Å². The Morgan fingerprint density at radius 2 is 2.10 bits per heavy atom. The van der Waals surface area contributed by atoms with E-state index in [0.29, 0.717) is 11.3 Å². The summed E-state index contributed by atoms with van der Waals surface area (Å²) in [6.07, 6.45) is 4.26. The van der Waals surface area contributed by atoms with Gasteiger partial charge in [-0.2, -0.15) is 0 Å². The lowest BCUT2D eigenvalue weighted by molar-refractivity contribution is -0.149. The first-order valence-electron chi connectivity index (χ1n) is 8.43. The highest BCUT2D eigenvalue weighted by Gasteiger charge is 2.43. The minimum absolute atomic E-state index is 0.179. The summed E-state index contributed by atoms with van der Waals surface area (Å²) in [6.45, 7) is 11.5. The Labute approximate surface area is 128 Å².